The maximum atomic E-state index is 5.07. The molecule has 0 amide bonds. The zero-order valence-electron chi connectivity index (χ0n) is 13.3. The van der Waals surface area contributed by atoms with E-state index in [4.69, 9.17) is 4.98 Å². The fourth-order valence-corrected chi connectivity index (χ4v) is 4.90. The van der Waals surface area contributed by atoms with Gasteiger partial charge in [-0.3, -0.25) is 0 Å². The Morgan fingerprint density at radius 2 is 2.10 bits per heavy atom. The number of hydrogen-bond acceptors (Lipinski definition) is 3. The molecular formula is C17H28N2S. The molecule has 1 N–H and O–H groups in total. The van der Waals surface area contributed by atoms with Crippen LogP contribution in [0.5, 0.6) is 0 Å². The first-order chi connectivity index (χ1) is 9.45. The Bertz CT molecular complexity index is 470. The summed E-state index contributed by atoms with van der Waals surface area (Å²) < 4.78 is 0. The molecule has 2 nitrogen and oxygen atoms in total. The molecule has 0 saturated heterocycles. The lowest BCUT2D eigenvalue weighted by Crippen LogP contribution is -2.46. The highest BCUT2D eigenvalue weighted by molar-refractivity contribution is 7.09. The Morgan fingerprint density at radius 3 is 2.65 bits per heavy atom. The summed E-state index contributed by atoms with van der Waals surface area (Å²) in [5.41, 5.74) is 1.61. The summed E-state index contributed by atoms with van der Waals surface area (Å²) in [7, 11) is 0. The summed E-state index contributed by atoms with van der Waals surface area (Å²) in [5.74, 6) is 0.766. The predicted molar refractivity (Wildman–Crippen MR) is 86.3 cm³/mol. The third-order valence-electron chi connectivity index (χ3n) is 5.01. The molecule has 3 heteroatoms. The Labute approximate surface area is 127 Å². The molecule has 0 spiro atoms. The van der Waals surface area contributed by atoms with Crippen molar-refractivity contribution in [1.29, 1.82) is 0 Å². The van der Waals surface area contributed by atoms with Crippen molar-refractivity contribution >= 4 is 11.3 Å². The molecule has 2 fully saturated rings. The molecule has 112 valence electrons. The Hall–Kier alpha value is -0.410. The fraction of sp³-hybridized carbons (Fsp3) is 0.824. The van der Waals surface area contributed by atoms with Gasteiger partial charge in [0.1, 0.15) is 5.01 Å². The van der Waals surface area contributed by atoms with Gasteiger partial charge in [-0.1, -0.05) is 40.5 Å². The molecule has 2 unspecified atom stereocenters. The lowest BCUT2D eigenvalue weighted by Gasteiger charge is -2.35. The van der Waals surface area contributed by atoms with Gasteiger partial charge in [-0.05, 0) is 31.6 Å². The Morgan fingerprint density at radius 1 is 1.35 bits per heavy atom. The molecule has 1 aromatic rings. The molecular weight excluding hydrogens is 264 g/mol. The molecule has 0 aliphatic heterocycles. The average molecular weight is 292 g/mol. The average Bonchev–Trinajstić information content (AvgIpc) is 2.92. The van der Waals surface area contributed by atoms with Crippen molar-refractivity contribution in [3.63, 3.8) is 0 Å². The van der Waals surface area contributed by atoms with Gasteiger partial charge in [-0.15, -0.1) is 11.3 Å². The van der Waals surface area contributed by atoms with Crippen LogP contribution in [0.1, 0.15) is 76.9 Å². The van der Waals surface area contributed by atoms with E-state index in [0.717, 1.165) is 12.0 Å². The van der Waals surface area contributed by atoms with E-state index >= 15 is 0 Å². The van der Waals surface area contributed by atoms with Crippen LogP contribution in [0.2, 0.25) is 0 Å². The van der Waals surface area contributed by atoms with Crippen LogP contribution in [-0.2, 0) is 11.0 Å². The summed E-state index contributed by atoms with van der Waals surface area (Å²) in [6.07, 6.45) is 7.97. The molecule has 2 atom stereocenters. The smallest absolute Gasteiger partial charge is 0.113 e. The highest BCUT2D eigenvalue weighted by Crippen LogP contribution is 2.48. The van der Waals surface area contributed by atoms with Crippen molar-refractivity contribution in [2.24, 2.45) is 5.92 Å². The molecule has 2 aliphatic carbocycles. The maximum Gasteiger partial charge on any atom is 0.113 e. The highest BCUT2D eigenvalue weighted by atomic mass is 32.1. The number of hydrogen-bond donors (Lipinski definition) is 1. The summed E-state index contributed by atoms with van der Waals surface area (Å²) in [6.45, 7) is 9.13. The second-order valence-electron chi connectivity index (χ2n) is 7.68. The first kappa shape index (κ1) is 14.5. The van der Waals surface area contributed by atoms with E-state index in [1.54, 1.807) is 0 Å². The van der Waals surface area contributed by atoms with E-state index in [9.17, 15) is 0 Å². The van der Waals surface area contributed by atoms with Gasteiger partial charge in [0.25, 0.3) is 0 Å². The molecule has 3 rings (SSSR count). The zero-order valence-corrected chi connectivity index (χ0v) is 14.1. The van der Waals surface area contributed by atoms with E-state index in [1.165, 1.54) is 49.2 Å². The minimum atomic E-state index is 0.163. The summed E-state index contributed by atoms with van der Waals surface area (Å²) in [6, 6.07) is 0.754. The van der Waals surface area contributed by atoms with Gasteiger partial charge in [0.15, 0.2) is 0 Å². The SMILES string of the molecule is CCC1CCCC1(NC1CC1)c1nc(C(C)(C)C)cs1. The van der Waals surface area contributed by atoms with Crippen LogP contribution >= 0.6 is 11.3 Å². The number of rotatable bonds is 4. The van der Waals surface area contributed by atoms with Crippen LogP contribution in [0.25, 0.3) is 0 Å². The third kappa shape index (κ3) is 2.55. The number of aromatic nitrogens is 1. The number of thiazole rings is 1. The van der Waals surface area contributed by atoms with Crippen LogP contribution in [0, 0.1) is 5.92 Å². The van der Waals surface area contributed by atoms with Crippen LogP contribution in [-0.4, -0.2) is 11.0 Å². The zero-order chi connectivity index (χ0) is 14.4. The van der Waals surface area contributed by atoms with Crippen LogP contribution in [0.3, 0.4) is 0 Å². The van der Waals surface area contributed by atoms with Gasteiger partial charge < -0.3 is 5.32 Å². The Balaban J connectivity index is 1.94. The van der Waals surface area contributed by atoms with E-state index in [-0.39, 0.29) is 11.0 Å². The molecule has 20 heavy (non-hydrogen) atoms. The summed E-state index contributed by atoms with van der Waals surface area (Å²) >= 11 is 1.89. The molecule has 0 radical (unpaired) electrons. The molecule has 1 aromatic heterocycles. The lowest BCUT2D eigenvalue weighted by molar-refractivity contribution is 0.235. The van der Waals surface area contributed by atoms with Gasteiger partial charge in [-0.25, -0.2) is 4.98 Å². The van der Waals surface area contributed by atoms with Gasteiger partial charge >= 0.3 is 0 Å². The van der Waals surface area contributed by atoms with Crippen molar-refractivity contribution in [2.45, 2.75) is 83.2 Å². The highest BCUT2D eigenvalue weighted by Gasteiger charge is 2.48. The molecule has 0 bridgehead atoms. The first-order valence-corrected chi connectivity index (χ1v) is 9.08. The third-order valence-corrected chi connectivity index (χ3v) is 6.03. The van der Waals surface area contributed by atoms with E-state index < -0.39 is 0 Å². The normalized spacial score (nSPS) is 30.9. The van der Waals surface area contributed by atoms with Crippen LogP contribution < -0.4 is 5.32 Å². The van der Waals surface area contributed by atoms with Crippen molar-refractivity contribution in [1.82, 2.24) is 10.3 Å². The van der Waals surface area contributed by atoms with Gasteiger partial charge in [0.05, 0.1) is 11.2 Å². The largest absolute Gasteiger partial charge is 0.302 e. The van der Waals surface area contributed by atoms with Crippen molar-refractivity contribution in [3.05, 3.63) is 16.1 Å². The van der Waals surface area contributed by atoms with Crippen LogP contribution in [0.15, 0.2) is 5.38 Å². The van der Waals surface area contributed by atoms with Gasteiger partial charge in [-0.2, -0.15) is 0 Å². The molecule has 0 aromatic carbocycles. The standard InChI is InChI=1S/C17H28N2S/c1-5-12-7-6-10-17(12,19-13-8-9-13)15-18-14(11-20-15)16(2,3)4/h11-13,19H,5-10H2,1-4H3. The monoisotopic (exact) mass is 292 g/mol. The molecule has 2 saturated carbocycles. The summed E-state index contributed by atoms with van der Waals surface area (Å²) in [4.78, 5) is 5.07. The Kier molecular flexibility index (Phi) is 3.70. The van der Waals surface area contributed by atoms with Gasteiger partial charge in [0.2, 0.25) is 0 Å². The fourth-order valence-electron chi connectivity index (χ4n) is 3.58. The number of nitrogens with zero attached hydrogens (tertiary/aromatic N) is 1. The quantitative estimate of drug-likeness (QED) is 0.877. The van der Waals surface area contributed by atoms with E-state index in [2.05, 4.69) is 38.4 Å². The van der Waals surface area contributed by atoms with Crippen molar-refractivity contribution in [3.8, 4) is 0 Å². The minimum absolute atomic E-state index is 0.163. The maximum absolute atomic E-state index is 5.07. The summed E-state index contributed by atoms with van der Waals surface area (Å²) in [5, 5.41) is 7.64. The van der Waals surface area contributed by atoms with Crippen molar-refractivity contribution < 1.29 is 0 Å². The first-order valence-electron chi connectivity index (χ1n) is 8.20. The molecule has 2 aliphatic rings. The predicted octanol–water partition coefficient (Wildman–Crippen LogP) is 4.60. The second kappa shape index (κ2) is 5.10. The van der Waals surface area contributed by atoms with E-state index in [1.807, 2.05) is 11.3 Å². The topological polar surface area (TPSA) is 24.9 Å². The number of nitrogens with one attached hydrogen (secondary N) is 1. The van der Waals surface area contributed by atoms with Crippen molar-refractivity contribution in [2.75, 3.05) is 0 Å². The van der Waals surface area contributed by atoms with E-state index in [0.29, 0.717) is 0 Å². The minimum Gasteiger partial charge on any atom is -0.302 e. The van der Waals surface area contributed by atoms with Crippen LogP contribution in [0.4, 0.5) is 0 Å². The lowest BCUT2D eigenvalue weighted by atomic mass is 9.85. The van der Waals surface area contributed by atoms with Gasteiger partial charge in [0, 0.05) is 16.8 Å². The molecule has 1 heterocycles. The second-order valence-corrected chi connectivity index (χ2v) is 8.53.